The zero-order valence-electron chi connectivity index (χ0n) is 13.6. The van der Waals surface area contributed by atoms with Crippen LogP contribution in [0, 0.1) is 12.7 Å². The lowest BCUT2D eigenvalue weighted by atomic mass is 10.0. The third-order valence-electron chi connectivity index (χ3n) is 4.26. The Kier molecular flexibility index (Phi) is 4.17. The van der Waals surface area contributed by atoms with Crippen LogP contribution in [0.5, 0.6) is 0 Å². The second-order valence-corrected chi connectivity index (χ2v) is 6.97. The Hall–Kier alpha value is -2.40. The molecule has 2 aromatic carbocycles. The van der Waals surface area contributed by atoms with Crippen LogP contribution >= 0.6 is 15.9 Å². The van der Waals surface area contributed by atoms with Crippen molar-refractivity contribution in [2.75, 3.05) is 5.01 Å². The van der Waals surface area contributed by atoms with Gasteiger partial charge in [0.15, 0.2) is 0 Å². The van der Waals surface area contributed by atoms with Crippen LogP contribution in [0.2, 0.25) is 0 Å². The Bertz CT molecular complexity index is 933. The average Bonchev–Trinajstić information content (AvgIpc) is 3.22. The summed E-state index contributed by atoms with van der Waals surface area (Å²) in [5.41, 5.74) is 2.71. The van der Waals surface area contributed by atoms with E-state index in [2.05, 4.69) is 28.1 Å². The van der Waals surface area contributed by atoms with Crippen molar-refractivity contribution in [3.8, 4) is 0 Å². The maximum absolute atomic E-state index is 13.7. The minimum Gasteiger partial charge on any atom is -0.460 e. The van der Waals surface area contributed by atoms with Crippen molar-refractivity contribution >= 4 is 27.3 Å². The molecule has 0 radical (unpaired) electrons. The van der Waals surface area contributed by atoms with E-state index in [1.807, 2.05) is 42.3 Å². The molecule has 5 heteroatoms. The van der Waals surface area contributed by atoms with E-state index in [1.165, 1.54) is 12.1 Å². The number of nitrogens with zero attached hydrogens (tertiary/aromatic N) is 2. The van der Waals surface area contributed by atoms with E-state index in [9.17, 15) is 4.39 Å². The van der Waals surface area contributed by atoms with Gasteiger partial charge in [-0.25, -0.2) is 4.39 Å². The van der Waals surface area contributed by atoms with Crippen LogP contribution in [0.1, 0.15) is 29.5 Å². The summed E-state index contributed by atoms with van der Waals surface area (Å²) in [7, 11) is 0. The summed E-state index contributed by atoms with van der Waals surface area (Å²) in [4.78, 5) is 0. The molecule has 126 valence electrons. The lowest BCUT2D eigenvalue weighted by molar-refractivity contribution is 0.524. The first-order valence-corrected chi connectivity index (χ1v) is 8.84. The van der Waals surface area contributed by atoms with Gasteiger partial charge in [-0.3, -0.25) is 5.01 Å². The molecule has 0 saturated heterocycles. The van der Waals surface area contributed by atoms with Gasteiger partial charge in [-0.15, -0.1) is 0 Å². The molecule has 3 nitrogen and oxygen atoms in total. The smallest absolute Gasteiger partial charge is 0.150 e. The number of anilines is 1. The largest absolute Gasteiger partial charge is 0.460 e. The van der Waals surface area contributed by atoms with Gasteiger partial charge in [0.25, 0.3) is 0 Å². The first-order valence-electron chi connectivity index (χ1n) is 8.05. The molecular formula is C20H16BrFN2O. The lowest BCUT2D eigenvalue weighted by Gasteiger charge is -2.24. The van der Waals surface area contributed by atoms with Crippen molar-refractivity contribution in [2.45, 2.75) is 19.4 Å². The third kappa shape index (κ3) is 3.24. The SMILES string of the molecule is Cc1ccc(C2=NN(c3cccc(F)c3)[C@H](c3ccc(Br)cc3)C2)o1. The topological polar surface area (TPSA) is 28.7 Å². The Labute approximate surface area is 153 Å². The Morgan fingerprint density at radius 3 is 2.60 bits per heavy atom. The fourth-order valence-electron chi connectivity index (χ4n) is 3.05. The monoisotopic (exact) mass is 398 g/mol. The second-order valence-electron chi connectivity index (χ2n) is 6.05. The van der Waals surface area contributed by atoms with Crippen LogP contribution in [0.4, 0.5) is 10.1 Å². The van der Waals surface area contributed by atoms with Crippen LogP contribution in [-0.4, -0.2) is 5.71 Å². The van der Waals surface area contributed by atoms with Crippen molar-refractivity contribution in [1.29, 1.82) is 0 Å². The molecule has 4 rings (SSSR count). The van der Waals surface area contributed by atoms with Gasteiger partial charge in [0.05, 0.1) is 11.7 Å². The third-order valence-corrected chi connectivity index (χ3v) is 4.79. The molecule has 0 saturated carbocycles. The fourth-order valence-corrected chi connectivity index (χ4v) is 3.31. The molecule has 1 aliphatic rings. The van der Waals surface area contributed by atoms with E-state index in [0.717, 1.165) is 33.0 Å². The van der Waals surface area contributed by atoms with E-state index in [1.54, 1.807) is 6.07 Å². The molecule has 0 unspecified atom stereocenters. The highest BCUT2D eigenvalue weighted by atomic mass is 79.9. The van der Waals surface area contributed by atoms with E-state index in [4.69, 9.17) is 9.52 Å². The molecular weight excluding hydrogens is 383 g/mol. The van der Waals surface area contributed by atoms with Crippen LogP contribution in [0.15, 0.2) is 74.7 Å². The van der Waals surface area contributed by atoms with Gasteiger partial charge in [0, 0.05) is 10.9 Å². The molecule has 25 heavy (non-hydrogen) atoms. The number of rotatable bonds is 3. The molecule has 1 atom stereocenters. The summed E-state index contributed by atoms with van der Waals surface area (Å²) in [5.74, 6) is 1.34. The molecule has 1 aromatic heterocycles. The Morgan fingerprint density at radius 1 is 1.12 bits per heavy atom. The number of benzene rings is 2. The van der Waals surface area contributed by atoms with Crippen LogP contribution < -0.4 is 5.01 Å². The zero-order chi connectivity index (χ0) is 17.4. The zero-order valence-corrected chi connectivity index (χ0v) is 15.2. The molecule has 2 heterocycles. The summed E-state index contributed by atoms with van der Waals surface area (Å²) < 4.78 is 20.5. The normalized spacial score (nSPS) is 17.0. The minimum atomic E-state index is -0.274. The number of hydrogen-bond donors (Lipinski definition) is 0. The van der Waals surface area contributed by atoms with Gasteiger partial charge >= 0.3 is 0 Å². The van der Waals surface area contributed by atoms with E-state index < -0.39 is 0 Å². The highest BCUT2D eigenvalue weighted by molar-refractivity contribution is 9.10. The predicted octanol–water partition coefficient (Wildman–Crippen LogP) is 5.85. The molecule has 0 amide bonds. The molecule has 0 N–H and O–H groups in total. The van der Waals surface area contributed by atoms with Crippen LogP contribution in [-0.2, 0) is 0 Å². The van der Waals surface area contributed by atoms with Crippen molar-refractivity contribution in [1.82, 2.24) is 0 Å². The van der Waals surface area contributed by atoms with E-state index in [-0.39, 0.29) is 11.9 Å². The van der Waals surface area contributed by atoms with E-state index in [0.29, 0.717) is 6.42 Å². The van der Waals surface area contributed by atoms with Gasteiger partial charge in [-0.2, -0.15) is 5.10 Å². The molecule has 1 aliphatic heterocycles. The number of hydrazone groups is 1. The maximum atomic E-state index is 13.7. The summed E-state index contributed by atoms with van der Waals surface area (Å²) in [5, 5.41) is 6.62. The highest BCUT2D eigenvalue weighted by Crippen LogP contribution is 2.37. The van der Waals surface area contributed by atoms with Crippen molar-refractivity contribution < 1.29 is 8.81 Å². The highest BCUT2D eigenvalue weighted by Gasteiger charge is 2.31. The summed E-state index contributed by atoms with van der Waals surface area (Å²) in [6.45, 7) is 1.91. The van der Waals surface area contributed by atoms with Gasteiger partial charge in [-0.05, 0) is 55.0 Å². The molecule has 3 aromatic rings. The number of halogens is 2. The molecule has 0 bridgehead atoms. The molecule has 0 fully saturated rings. The minimum absolute atomic E-state index is 0.00435. The van der Waals surface area contributed by atoms with Gasteiger partial charge in [-0.1, -0.05) is 34.1 Å². The summed E-state index contributed by atoms with van der Waals surface area (Å²) >= 11 is 3.47. The summed E-state index contributed by atoms with van der Waals surface area (Å²) in [6.07, 6.45) is 0.700. The van der Waals surface area contributed by atoms with Gasteiger partial charge in [0.2, 0.25) is 0 Å². The van der Waals surface area contributed by atoms with Crippen molar-refractivity contribution in [2.24, 2.45) is 5.10 Å². The first kappa shape index (κ1) is 16.1. The first-order chi connectivity index (χ1) is 12.1. The van der Waals surface area contributed by atoms with Crippen molar-refractivity contribution in [3.63, 3.8) is 0 Å². The summed E-state index contributed by atoms with van der Waals surface area (Å²) in [6, 6.07) is 18.5. The van der Waals surface area contributed by atoms with Crippen LogP contribution in [0.25, 0.3) is 0 Å². The average molecular weight is 399 g/mol. The number of hydrogen-bond acceptors (Lipinski definition) is 3. The van der Waals surface area contributed by atoms with Crippen molar-refractivity contribution in [3.05, 3.63) is 88.0 Å². The standard InChI is InChI=1S/C20H16BrFN2O/c1-13-5-10-20(25-13)18-12-19(14-6-8-15(21)9-7-14)24(23-18)17-4-2-3-16(22)11-17/h2-11,19H,12H2,1H3/t19-/m0/s1. The second kappa shape index (κ2) is 6.48. The Morgan fingerprint density at radius 2 is 1.92 bits per heavy atom. The molecule has 0 aliphatic carbocycles. The predicted molar refractivity (Wildman–Crippen MR) is 100 cm³/mol. The quantitative estimate of drug-likeness (QED) is 0.553. The molecule has 0 spiro atoms. The van der Waals surface area contributed by atoms with E-state index >= 15 is 0 Å². The number of aryl methyl sites for hydroxylation is 1. The lowest BCUT2D eigenvalue weighted by Crippen LogP contribution is -2.18. The Balaban J connectivity index is 1.76. The van der Waals surface area contributed by atoms with Gasteiger partial charge < -0.3 is 4.42 Å². The maximum Gasteiger partial charge on any atom is 0.150 e. The number of furan rings is 1. The van der Waals surface area contributed by atoms with Crippen LogP contribution in [0.3, 0.4) is 0 Å². The fraction of sp³-hybridized carbons (Fsp3) is 0.150. The van der Waals surface area contributed by atoms with Gasteiger partial charge in [0.1, 0.15) is 23.0 Å².